The fourth-order valence-corrected chi connectivity index (χ4v) is 2.46. The zero-order valence-electron chi connectivity index (χ0n) is 20.9. The van der Waals surface area contributed by atoms with Crippen molar-refractivity contribution >= 4 is 23.1 Å². The Morgan fingerprint density at radius 1 is 1.09 bits per heavy atom. The van der Waals surface area contributed by atoms with Gasteiger partial charge in [0.1, 0.15) is 5.52 Å². The minimum absolute atomic E-state index is 0.180. The van der Waals surface area contributed by atoms with Gasteiger partial charge in [0.05, 0.1) is 0 Å². The SMILES string of the molecule is CCC(=O)/C(C)=C/C=NC.CCC(C)C.Cc1ccc(-c2nc3c(C)cccc3o2)cc1. The molecule has 0 aliphatic rings. The van der Waals surface area contributed by atoms with Gasteiger partial charge in [-0.1, -0.05) is 63.9 Å². The van der Waals surface area contributed by atoms with E-state index in [1.165, 1.54) is 12.0 Å². The van der Waals surface area contributed by atoms with Crippen molar-refractivity contribution in [3.05, 3.63) is 65.2 Å². The molecule has 4 nitrogen and oxygen atoms in total. The quantitative estimate of drug-likeness (QED) is 0.304. The lowest BCUT2D eigenvalue weighted by atomic mass is 10.1. The average molecular weight is 435 g/mol. The Hall–Kier alpha value is -3.01. The molecule has 1 aromatic heterocycles. The molecule has 0 saturated heterocycles. The molecule has 0 N–H and O–H groups in total. The number of carbonyl (C=O) groups excluding carboxylic acids is 1. The number of allylic oxidation sites excluding steroid dienone is 2. The number of hydrogen-bond donors (Lipinski definition) is 0. The molecule has 2 aromatic carbocycles. The summed E-state index contributed by atoms with van der Waals surface area (Å²) in [7, 11) is 1.68. The van der Waals surface area contributed by atoms with Crippen molar-refractivity contribution in [3.8, 4) is 11.5 Å². The van der Waals surface area contributed by atoms with Gasteiger partial charge in [-0.05, 0) is 62.1 Å². The number of oxazole rings is 1. The number of ketones is 1. The number of aromatic nitrogens is 1. The maximum atomic E-state index is 10.9. The van der Waals surface area contributed by atoms with Gasteiger partial charge >= 0.3 is 0 Å². The van der Waals surface area contributed by atoms with Crippen molar-refractivity contribution in [2.45, 2.75) is 61.3 Å². The second-order valence-corrected chi connectivity index (χ2v) is 8.14. The number of para-hydroxylation sites is 1. The molecule has 0 atom stereocenters. The number of aliphatic imine (C=N–C) groups is 1. The highest BCUT2D eigenvalue weighted by molar-refractivity contribution is 5.98. The van der Waals surface area contributed by atoms with Gasteiger partial charge in [0, 0.05) is 25.2 Å². The van der Waals surface area contributed by atoms with Crippen LogP contribution >= 0.6 is 0 Å². The van der Waals surface area contributed by atoms with Gasteiger partial charge in [-0.2, -0.15) is 0 Å². The van der Waals surface area contributed by atoms with E-state index in [1.807, 2.05) is 44.2 Å². The third kappa shape index (κ3) is 9.01. The number of hydrogen-bond acceptors (Lipinski definition) is 4. The highest BCUT2D eigenvalue weighted by Crippen LogP contribution is 2.26. The number of carbonyl (C=O) groups is 1. The van der Waals surface area contributed by atoms with Gasteiger partial charge in [0.15, 0.2) is 11.4 Å². The topological polar surface area (TPSA) is 55.5 Å². The number of aryl methyl sites for hydroxylation is 2. The highest BCUT2D eigenvalue weighted by Gasteiger charge is 2.08. The summed E-state index contributed by atoms with van der Waals surface area (Å²) < 4.78 is 5.76. The summed E-state index contributed by atoms with van der Waals surface area (Å²) in [5.74, 6) is 1.75. The zero-order valence-corrected chi connectivity index (χ0v) is 20.9. The van der Waals surface area contributed by atoms with Crippen molar-refractivity contribution in [2.75, 3.05) is 7.05 Å². The first kappa shape index (κ1) is 27.0. The van der Waals surface area contributed by atoms with Crippen LogP contribution in [0, 0.1) is 19.8 Å². The van der Waals surface area contributed by atoms with E-state index in [1.54, 1.807) is 26.3 Å². The van der Waals surface area contributed by atoms with E-state index in [4.69, 9.17) is 4.42 Å². The van der Waals surface area contributed by atoms with Crippen LogP contribution in [0.2, 0.25) is 0 Å². The summed E-state index contributed by atoms with van der Waals surface area (Å²) >= 11 is 0. The van der Waals surface area contributed by atoms with E-state index in [9.17, 15) is 4.79 Å². The Morgan fingerprint density at radius 3 is 2.22 bits per heavy atom. The summed E-state index contributed by atoms with van der Waals surface area (Å²) in [6.45, 7) is 14.4. The van der Waals surface area contributed by atoms with E-state index >= 15 is 0 Å². The molecule has 1 heterocycles. The molecule has 0 amide bonds. The minimum Gasteiger partial charge on any atom is -0.436 e. The summed E-state index contributed by atoms with van der Waals surface area (Å²) in [5.41, 5.74) is 5.97. The zero-order chi connectivity index (χ0) is 24.1. The van der Waals surface area contributed by atoms with Crippen molar-refractivity contribution in [1.82, 2.24) is 4.98 Å². The van der Waals surface area contributed by atoms with Crippen LogP contribution in [-0.2, 0) is 4.79 Å². The Morgan fingerprint density at radius 2 is 1.72 bits per heavy atom. The van der Waals surface area contributed by atoms with E-state index in [0.717, 1.165) is 33.7 Å². The first-order chi connectivity index (χ1) is 15.2. The van der Waals surface area contributed by atoms with Crippen LogP contribution in [0.15, 0.2) is 63.5 Å². The van der Waals surface area contributed by atoms with Crippen LogP contribution in [0.3, 0.4) is 0 Å². The maximum Gasteiger partial charge on any atom is 0.227 e. The molecule has 0 saturated carbocycles. The van der Waals surface area contributed by atoms with Crippen LogP contribution < -0.4 is 0 Å². The fourth-order valence-electron chi connectivity index (χ4n) is 2.46. The van der Waals surface area contributed by atoms with Crippen molar-refractivity contribution in [3.63, 3.8) is 0 Å². The van der Waals surface area contributed by atoms with E-state index < -0.39 is 0 Å². The first-order valence-corrected chi connectivity index (χ1v) is 11.3. The monoisotopic (exact) mass is 434 g/mol. The summed E-state index contributed by atoms with van der Waals surface area (Å²) in [6, 6.07) is 14.2. The molecule has 0 aliphatic carbocycles. The normalized spacial score (nSPS) is 11.2. The van der Waals surface area contributed by atoms with Crippen LogP contribution in [0.1, 0.15) is 58.6 Å². The summed E-state index contributed by atoms with van der Waals surface area (Å²) in [6.07, 6.45) is 5.23. The molecule has 3 aromatic rings. The third-order valence-corrected chi connectivity index (χ3v) is 4.97. The molecule has 172 valence electrons. The van der Waals surface area contributed by atoms with Gasteiger partial charge in [0.25, 0.3) is 0 Å². The van der Waals surface area contributed by atoms with E-state index in [-0.39, 0.29) is 5.78 Å². The number of benzene rings is 2. The van der Waals surface area contributed by atoms with Gasteiger partial charge < -0.3 is 4.42 Å². The Labute approximate surface area is 193 Å². The Bertz CT molecular complexity index is 1030. The minimum atomic E-state index is 0.180. The van der Waals surface area contributed by atoms with Crippen molar-refractivity contribution in [2.24, 2.45) is 10.9 Å². The van der Waals surface area contributed by atoms with Crippen LogP contribution in [0.4, 0.5) is 0 Å². The molecule has 0 radical (unpaired) electrons. The van der Waals surface area contributed by atoms with Gasteiger partial charge in [-0.3, -0.25) is 9.79 Å². The molecule has 3 rings (SSSR count). The lowest BCUT2D eigenvalue weighted by Crippen LogP contribution is -1.96. The summed E-state index contributed by atoms with van der Waals surface area (Å²) in [5, 5.41) is 0. The van der Waals surface area contributed by atoms with Crippen LogP contribution in [0.5, 0.6) is 0 Å². The number of nitrogens with zero attached hydrogens (tertiary/aromatic N) is 2. The van der Waals surface area contributed by atoms with Gasteiger partial charge in [0.2, 0.25) is 5.89 Å². The standard InChI is InChI=1S/C15H13NO.C8H13NO.C5H12/c1-10-6-8-12(9-7-10)15-16-14-11(2)4-3-5-13(14)17-15;1-4-8(10)7(2)5-6-9-3;1-4-5(2)3/h3-9H,1-2H3;5-6H,4H2,1-3H3;5H,4H2,1-3H3/b;7-5+,9-6?;. The van der Waals surface area contributed by atoms with E-state index in [0.29, 0.717) is 12.3 Å². The number of rotatable bonds is 5. The fraction of sp³-hybridized carbons (Fsp3) is 0.393. The second-order valence-electron chi connectivity index (χ2n) is 8.14. The molecular weight excluding hydrogens is 396 g/mol. The van der Waals surface area contributed by atoms with E-state index in [2.05, 4.69) is 49.8 Å². The molecule has 32 heavy (non-hydrogen) atoms. The van der Waals surface area contributed by atoms with Gasteiger partial charge in [-0.15, -0.1) is 0 Å². The smallest absolute Gasteiger partial charge is 0.227 e. The lowest BCUT2D eigenvalue weighted by molar-refractivity contribution is -0.115. The molecule has 0 aliphatic heterocycles. The Kier molecular flexibility index (Phi) is 11.9. The first-order valence-electron chi connectivity index (χ1n) is 11.3. The lowest BCUT2D eigenvalue weighted by Gasteiger charge is -1.95. The predicted octanol–water partition coefficient (Wildman–Crippen LogP) is 7.78. The van der Waals surface area contributed by atoms with Crippen LogP contribution in [-0.4, -0.2) is 24.0 Å². The largest absolute Gasteiger partial charge is 0.436 e. The number of fused-ring (bicyclic) bond motifs is 1. The molecule has 0 unspecified atom stereocenters. The predicted molar refractivity (Wildman–Crippen MR) is 138 cm³/mol. The molecule has 4 heteroatoms. The van der Waals surface area contributed by atoms with Crippen molar-refractivity contribution < 1.29 is 9.21 Å². The molecule has 0 spiro atoms. The van der Waals surface area contributed by atoms with Crippen LogP contribution in [0.25, 0.3) is 22.6 Å². The highest BCUT2D eigenvalue weighted by atomic mass is 16.3. The van der Waals surface area contributed by atoms with Crippen molar-refractivity contribution in [1.29, 1.82) is 0 Å². The molecule has 0 bridgehead atoms. The molecular formula is C28H38N2O2. The second kappa shape index (κ2) is 14.1. The maximum absolute atomic E-state index is 10.9. The third-order valence-electron chi connectivity index (χ3n) is 4.97. The summed E-state index contributed by atoms with van der Waals surface area (Å²) in [4.78, 5) is 19.2. The number of Topliss-reactive ketones (excluding diaryl/α,β-unsaturated/α-hetero) is 1. The van der Waals surface area contributed by atoms with Gasteiger partial charge in [-0.25, -0.2) is 4.98 Å². The Balaban J connectivity index is 0.000000292. The molecule has 0 fully saturated rings. The average Bonchev–Trinajstić information content (AvgIpc) is 3.24.